The standard InChI is InChI=1S/C15H27FN2/c1-7-14(15(16)11-13(3)4)12-18(8-2)10-9-17(5)6/h7,11H,1,8-10,12H2,2-6H3/b15-14-. The number of allylic oxidation sites excluding steroid dienone is 3. The van der Waals surface area contributed by atoms with Crippen molar-refractivity contribution in [2.24, 2.45) is 0 Å². The molecule has 0 atom stereocenters. The molecule has 0 amide bonds. The Hall–Kier alpha value is -0.930. The number of likely N-dealkylation sites (N-methyl/N-ethyl adjacent to an activating group) is 2. The molecule has 18 heavy (non-hydrogen) atoms. The summed E-state index contributed by atoms with van der Waals surface area (Å²) in [5.74, 6) is -0.173. The van der Waals surface area contributed by atoms with E-state index < -0.39 is 0 Å². The van der Waals surface area contributed by atoms with Crippen LogP contribution in [0.1, 0.15) is 20.8 Å². The van der Waals surface area contributed by atoms with Crippen LogP contribution in [0.5, 0.6) is 0 Å². The van der Waals surface area contributed by atoms with Gasteiger partial charge in [0.05, 0.1) is 0 Å². The van der Waals surface area contributed by atoms with Gasteiger partial charge >= 0.3 is 0 Å². The smallest absolute Gasteiger partial charge is 0.127 e. The summed E-state index contributed by atoms with van der Waals surface area (Å²) in [6.45, 7) is 13.0. The van der Waals surface area contributed by atoms with Crippen LogP contribution in [0.4, 0.5) is 4.39 Å². The molecule has 0 bridgehead atoms. The molecule has 0 N–H and O–H groups in total. The van der Waals surface area contributed by atoms with Gasteiger partial charge in [0, 0.05) is 25.2 Å². The van der Waals surface area contributed by atoms with E-state index in [0.717, 1.165) is 25.2 Å². The van der Waals surface area contributed by atoms with Gasteiger partial charge in [-0.05, 0) is 40.6 Å². The fourth-order valence-electron chi connectivity index (χ4n) is 1.52. The molecule has 2 nitrogen and oxygen atoms in total. The van der Waals surface area contributed by atoms with Crippen LogP contribution >= 0.6 is 0 Å². The minimum Gasteiger partial charge on any atom is -0.308 e. The van der Waals surface area contributed by atoms with Crippen molar-refractivity contribution in [2.45, 2.75) is 20.8 Å². The lowest BCUT2D eigenvalue weighted by Gasteiger charge is -2.23. The van der Waals surface area contributed by atoms with E-state index in [2.05, 4.69) is 23.3 Å². The van der Waals surface area contributed by atoms with Crippen LogP contribution in [0.25, 0.3) is 0 Å². The molecule has 0 fully saturated rings. The Labute approximate surface area is 111 Å². The lowest BCUT2D eigenvalue weighted by atomic mass is 10.1. The topological polar surface area (TPSA) is 6.48 Å². The van der Waals surface area contributed by atoms with Gasteiger partial charge in [-0.15, -0.1) is 0 Å². The first kappa shape index (κ1) is 17.1. The Bertz CT molecular complexity index is 312. The summed E-state index contributed by atoms with van der Waals surface area (Å²) in [5.41, 5.74) is 1.62. The number of halogens is 1. The fraction of sp³-hybridized carbons (Fsp3) is 0.600. The Morgan fingerprint density at radius 1 is 1.22 bits per heavy atom. The highest BCUT2D eigenvalue weighted by Crippen LogP contribution is 2.13. The highest BCUT2D eigenvalue weighted by molar-refractivity contribution is 5.30. The average Bonchev–Trinajstić information content (AvgIpc) is 2.28. The highest BCUT2D eigenvalue weighted by atomic mass is 19.1. The Morgan fingerprint density at radius 3 is 2.22 bits per heavy atom. The third kappa shape index (κ3) is 7.41. The second kappa shape index (κ2) is 9.06. The van der Waals surface area contributed by atoms with E-state index >= 15 is 0 Å². The van der Waals surface area contributed by atoms with Crippen LogP contribution in [0, 0.1) is 0 Å². The lowest BCUT2D eigenvalue weighted by molar-refractivity contribution is 0.267. The van der Waals surface area contributed by atoms with E-state index in [0.29, 0.717) is 12.1 Å². The lowest BCUT2D eigenvalue weighted by Crippen LogP contribution is -2.33. The zero-order valence-corrected chi connectivity index (χ0v) is 12.5. The van der Waals surface area contributed by atoms with Gasteiger partial charge in [-0.25, -0.2) is 4.39 Å². The average molecular weight is 254 g/mol. The molecule has 0 aromatic rings. The Morgan fingerprint density at radius 2 is 1.83 bits per heavy atom. The van der Waals surface area contributed by atoms with Gasteiger partial charge in [0.1, 0.15) is 5.83 Å². The molecule has 0 radical (unpaired) electrons. The predicted octanol–water partition coefficient (Wildman–Crippen LogP) is 3.25. The quantitative estimate of drug-likeness (QED) is 0.614. The second-order valence-electron chi connectivity index (χ2n) is 4.97. The summed E-state index contributed by atoms with van der Waals surface area (Å²) < 4.78 is 13.9. The van der Waals surface area contributed by atoms with Crippen LogP contribution < -0.4 is 0 Å². The van der Waals surface area contributed by atoms with Crippen molar-refractivity contribution in [3.63, 3.8) is 0 Å². The second-order valence-corrected chi connectivity index (χ2v) is 4.97. The molecule has 0 saturated heterocycles. The van der Waals surface area contributed by atoms with Gasteiger partial charge in [-0.2, -0.15) is 0 Å². The number of rotatable bonds is 8. The van der Waals surface area contributed by atoms with E-state index in [1.807, 2.05) is 27.9 Å². The van der Waals surface area contributed by atoms with Crippen molar-refractivity contribution in [1.82, 2.24) is 9.80 Å². The van der Waals surface area contributed by atoms with Crippen molar-refractivity contribution in [3.05, 3.63) is 35.7 Å². The van der Waals surface area contributed by atoms with E-state index in [-0.39, 0.29) is 5.83 Å². The predicted molar refractivity (Wildman–Crippen MR) is 78.4 cm³/mol. The zero-order valence-electron chi connectivity index (χ0n) is 12.5. The maximum Gasteiger partial charge on any atom is 0.127 e. The molecule has 0 spiro atoms. The summed E-state index contributed by atoms with van der Waals surface area (Å²) in [6.07, 6.45) is 3.18. The summed E-state index contributed by atoms with van der Waals surface area (Å²) in [4.78, 5) is 4.35. The number of hydrogen-bond donors (Lipinski definition) is 0. The summed E-state index contributed by atoms with van der Waals surface area (Å²) in [6, 6.07) is 0. The maximum atomic E-state index is 13.9. The van der Waals surface area contributed by atoms with E-state index in [1.165, 1.54) is 0 Å². The van der Waals surface area contributed by atoms with E-state index in [1.54, 1.807) is 12.2 Å². The summed E-state index contributed by atoms with van der Waals surface area (Å²) >= 11 is 0. The Kier molecular flexibility index (Phi) is 8.59. The molecule has 0 rings (SSSR count). The van der Waals surface area contributed by atoms with Crippen molar-refractivity contribution in [3.8, 4) is 0 Å². The van der Waals surface area contributed by atoms with Crippen molar-refractivity contribution in [2.75, 3.05) is 40.3 Å². The monoisotopic (exact) mass is 254 g/mol. The molecular formula is C15H27FN2. The highest BCUT2D eigenvalue weighted by Gasteiger charge is 2.08. The first-order valence-electron chi connectivity index (χ1n) is 6.43. The van der Waals surface area contributed by atoms with Crippen LogP contribution in [-0.2, 0) is 0 Å². The third-order valence-electron chi connectivity index (χ3n) is 2.67. The van der Waals surface area contributed by atoms with Gasteiger partial charge in [0.25, 0.3) is 0 Å². The molecule has 0 unspecified atom stereocenters. The molecule has 0 aliphatic heterocycles. The first-order valence-corrected chi connectivity index (χ1v) is 6.43. The SMILES string of the molecule is C=C/C(CN(CC)CCN(C)C)=C(/F)C=C(C)C. The van der Waals surface area contributed by atoms with E-state index in [9.17, 15) is 4.39 Å². The van der Waals surface area contributed by atoms with Crippen molar-refractivity contribution < 1.29 is 4.39 Å². The zero-order chi connectivity index (χ0) is 14.1. The van der Waals surface area contributed by atoms with Crippen molar-refractivity contribution >= 4 is 0 Å². The van der Waals surface area contributed by atoms with Gasteiger partial charge in [-0.1, -0.05) is 25.2 Å². The molecule has 0 aromatic heterocycles. The van der Waals surface area contributed by atoms with Crippen molar-refractivity contribution in [1.29, 1.82) is 0 Å². The van der Waals surface area contributed by atoms with Gasteiger partial charge in [-0.3, -0.25) is 4.90 Å². The third-order valence-corrected chi connectivity index (χ3v) is 2.67. The fourth-order valence-corrected chi connectivity index (χ4v) is 1.52. The molecule has 104 valence electrons. The van der Waals surface area contributed by atoms with Gasteiger partial charge < -0.3 is 4.90 Å². The molecule has 3 heteroatoms. The van der Waals surface area contributed by atoms with Crippen LogP contribution in [0.3, 0.4) is 0 Å². The van der Waals surface area contributed by atoms with Crippen LogP contribution in [0.2, 0.25) is 0 Å². The molecule has 0 saturated carbocycles. The van der Waals surface area contributed by atoms with Gasteiger partial charge in [0.15, 0.2) is 0 Å². The molecule has 0 aromatic carbocycles. The van der Waals surface area contributed by atoms with Crippen LogP contribution in [-0.4, -0.2) is 50.1 Å². The Balaban J connectivity index is 4.67. The van der Waals surface area contributed by atoms with Gasteiger partial charge in [0.2, 0.25) is 0 Å². The van der Waals surface area contributed by atoms with Crippen LogP contribution in [0.15, 0.2) is 35.7 Å². The minimum atomic E-state index is -0.173. The summed E-state index contributed by atoms with van der Waals surface area (Å²) in [5, 5.41) is 0. The van der Waals surface area contributed by atoms with E-state index in [4.69, 9.17) is 0 Å². The largest absolute Gasteiger partial charge is 0.308 e. The summed E-state index contributed by atoms with van der Waals surface area (Å²) in [7, 11) is 4.09. The number of hydrogen-bond acceptors (Lipinski definition) is 2. The molecular weight excluding hydrogens is 227 g/mol. The molecule has 0 aliphatic carbocycles. The molecule has 0 heterocycles. The number of nitrogens with zero attached hydrogens (tertiary/aromatic N) is 2. The first-order chi connectivity index (χ1) is 8.40. The normalized spacial score (nSPS) is 12.7. The maximum absolute atomic E-state index is 13.9. The molecule has 0 aliphatic rings. The minimum absolute atomic E-state index is 0.173.